The summed E-state index contributed by atoms with van der Waals surface area (Å²) < 4.78 is 0. The van der Waals surface area contributed by atoms with Crippen molar-refractivity contribution in [2.75, 3.05) is 11.9 Å². The van der Waals surface area contributed by atoms with Crippen LogP contribution in [0.15, 0.2) is 54.7 Å². The van der Waals surface area contributed by atoms with Crippen molar-refractivity contribution in [3.05, 3.63) is 54.7 Å². The molecule has 0 bridgehead atoms. The van der Waals surface area contributed by atoms with E-state index < -0.39 is 0 Å². The minimum absolute atomic E-state index is 0.0474. The number of anilines is 1. The standard InChI is InChI=1S/C20H22N4O2/c1-2-14(21)12-23-19-9-10-22-20(24-19)16-11-13(7-8-18(16)26)15-5-3-4-6-17(15)25/h3-11,14,25-26H,2,12,21H2,1H3,(H,22,23,24)/t14-/m0/s1. The van der Waals surface area contributed by atoms with Gasteiger partial charge in [0.25, 0.3) is 0 Å². The van der Waals surface area contributed by atoms with Gasteiger partial charge in [-0.25, -0.2) is 9.97 Å². The van der Waals surface area contributed by atoms with Crippen LogP contribution < -0.4 is 11.1 Å². The fourth-order valence-electron chi connectivity index (χ4n) is 2.57. The van der Waals surface area contributed by atoms with E-state index in [4.69, 9.17) is 5.73 Å². The van der Waals surface area contributed by atoms with Crippen molar-refractivity contribution >= 4 is 5.82 Å². The van der Waals surface area contributed by atoms with Crippen molar-refractivity contribution in [2.24, 2.45) is 5.73 Å². The van der Waals surface area contributed by atoms with Crippen molar-refractivity contribution in [2.45, 2.75) is 19.4 Å². The van der Waals surface area contributed by atoms with Crippen LogP contribution in [0.2, 0.25) is 0 Å². The maximum Gasteiger partial charge on any atom is 0.165 e. The maximum absolute atomic E-state index is 10.3. The highest BCUT2D eigenvalue weighted by Crippen LogP contribution is 2.35. The van der Waals surface area contributed by atoms with Gasteiger partial charge in [0.05, 0.1) is 5.56 Å². The van der Waals surface area contributed by atoms with Gasteiger partial charge in [-0.15, -0.1) is 0 Å². The summed E-state index contributed by atoms with van der Waals surface area (Å²) in [5, 5.41) is 23.5. The van der Waals surface area contributed by atoms with Crippen molar-refractivity contribution in [3.8, 4) is 34.0 Å². The van der Waals surface area contributed by atoms with Crippen molar-refractivity contribution in [1.29, 1.82) is 0 Å². The molecule has 134 valence electrons. The summed E-state index contributed by atoms with van der Waals surface area (Å²) in [6, 6.07) is 13.9. The number of hydrogen-bond donors (Lipinski definition) is 4. The molecule has 0 unspecified atom stereocenters. The smallest absolute Gasteiger partial charge is 0.165 e. The van der Waals surface area contributed by atoms with Crippen LogP contribution in [0.3, 0.4) is 0 Å². The van der Waals surface area contributed by atoms with Crippen LogP contribution in [-0.2, 0) is 0 Å². The first-order chi connectivity index (χ1) is 12.6. The molecule has 6 heteroatoms. The molecule has 1 heterocycles. The lowest BCUT2D eigenvalue weighted by atomic mass is 10.0. The Kier molecular flexibility index (Phi) is 5.34. The van der Waals surface area contributed by atoms with E-state index in [1.54, 1.807) is 42.6 Å². The van der Waals surface area contributed by atoms with Crippen LogP contribution in [-0.4, -0.2) is 32.8 Å². The van der Waals surface area contributed by atoms with Crippen molar-refractivity contribution in [3.63, 3.8) is 0 Å². The molecule has 0 saturated heterocycles. The molecule has 0 amide bonds. The molecular formula is C20H22N4O2. The quantitative estimate of drug-likeness (QED) is 0.543. The molecule has 0 saturated carbocycles. The molecule has 0 spiro atoms. The van der Waals surface area contributed by atoms with Gasteiger partial charge in [-0.2, -0.15) is 0 Å². The van der Waals surface area contributed by atoms with Crippen LogP contribution in [0.1, 0.15) is 13.3 Å². The largest absolute Gasteiger partial charge is 0.507 e. The Bertz CT molecular complexity index is 898. The number of nitrogens with zero attached hydrogens (tertiary/aromatic N) is 2. The summed E-state index contributed by atoms with van der Waals surface area (Å²) in [6.45, 7) is 2.64. The molecule has 6 nitrogen and oxygen atoms in total. The minimum Gasteiger partial charge on any atom is -0.507 e. The summed E-state index contributed by atoms with van der Waals surface area (Å²) >= 11 is 0. The molecule has 2 aromatic carbocycles. The molecule has 3 aromatic rings. The molecule has 3 rings (SSSR count). The first kappa shape index (κ1) is 17.7. The van der Waals surface area contributed by atoms with Gasteiger partial charge in [0.1, 0.15) is 17.3 Å². The van der Waals surface area contributed by atoms with Gasteiger partial charge >= 0.3 is 0 Å². The van der Waals surface area contributed by atoms with E-state index in [1.165, 1.54) is 0 Å². The molecule has 0 radical (unpaired) electrons. The highest BCUT2D eigenvalue weighted by atomic mass is 16.3. The predicted molar refractivity (Wildman–Crippen MR) is 103 cm³/mol. The second kappa shape index (κ2) is 7.84. The second-order valence-corrected chi connectivity index (χ2v) is 6.06. The highest BCUT2D eigenvalue weighted by molar-refractivity contribution is 5.77. The average Bonchev–Trinajstić information content (AvgIpc) is 2.67. The summed E-state index contributed by atoms with van der Waals surface area (Å²) in [7, 11) is 0. The number of phenols is 2. The zero-order valence-electron chi connectivity index (χ0n) is 14.6. The summed E-state index contributed by atoms with van der Waals surface area (Å²) in [5.74, 6) is 1.29. The summed E-state index contributed by atoms with van der Waals surface area (Å²) in [4.78, 5) is 8.74. The van der Waals surface area contributed by atoms with Gasteiger partial charge < -0.3 is 21.3 Å². The van der Waals surface area contributed by atoms with Crippen molar-refractivity contribution < 1.29 is 10.2 Å². The molecule has 0 aliphatic rings. The molecule has 26 heavy (non-hydrogen) atoms. The third kappa shape index (κ3) is 3.92. The molecular weight excluding hydrogens is 328 g/mol. The van der Waals surface area contributed by atoms with E-state index in [0.717, 1.165) is 12.0 Å². The van der Waals surface area contributed by atoms with E-state index in [2.05, 4.69) is 15.3 Å². The summed E-state index contributed by atoms with van der Waals surface area (Å²) in [6.07, 6.45) is 2.50. The van der Waals surface area contributed by atoms with Crippen LogP contribution in [0.4, 0.5) is 5.82 Å². The zero-order chi connectivity index (χ0) is 18.5. The Morgan fingerprint density at radius 3 is 2.58 bits per heavy atom. The fourth-order valence-corrected chi connectivity index (χ4v) is 2.57. The van der Waals surface area contributed by atoms with Gasteiger partial charge in [-0.3, -0.25) is 0 Å². The molecule has 0 aliphatic carbocycles. The monoisotopic (exact) mass is 350 g/mol. The van der Waals surface area contributed by atoms with E-state index in [0.29, 0.717) is 29.3 Å². The number of aromatic hydroxyl groups is 2. The molecule has 1 atom stereocenters. The molecule has 1 aromatic heterocycles. The van der Waals surface area contributed by atoms with E-state index in [1.807, 2.05) is 19.1 Å². The van der Waals surface area contributed by atoms with E-state index >= 15 is 0 Å². The first-order valence-electron chi connectivity index (χ1n) is 8.52. The fraction of sp³-hybridized carbons (Fsp3) is 0.200. The third-order valence-corrected chi connectivity index (χ3v) is 4.18. The Balaban J connectivity index is 1.94. The van der Waals surface area contributed by atoms with Gasteiger partial charge in [0.15, 0.2) is 5.82 Å². The molecule has 0 aliphatic heterocycles. The van der Waals surface area contributed by atoms with Gasteiger partial charge in [0.2, 0.25) is 0 Å². The number of nitrogens with one attached hydrogen (secondary N) is 1. The Morgan fingerprint density at radius 1 is 1.04 bits per heavy atom. The van der Waals surface area contributed by atoms with Crippen LogP contribution in [0.25, 0.3) is 22.5 Å². The lowest BCUT2D eigenvalue weighted by Crippen LogP contribution is -2.28. The Hall–Kier alpha value is -3.12. The number of nitrogens with two attached hydrogens (primary N) is 1. The second-order valence-electron chi connectivity index (χ2n) is 6.06. The van der Waals surface area contributed by atoms with E-state index in [-0.39, 0.29) is 17.5 Å². The maximum atomic E-state index is 10.3. The number of hydrogen-bond acceptors (Lipinski definition) is 6. The minimum atomic E-state index is 0.0474. The SMILES string of the molecule is CC[C@H](N)CNc1ccnc(-c2cc(-c3ccccc3O)ccc2O)n1. The lowest BCUT2D eigenvalue weighted by Gasteiger charge is -2.12. The zero-order valence-corrected chi connectivity index (χ0v) is 14.6. The molecule has 5 N–H and O–H groups in total. The topological polar surface area (TPSA) is 104 Å². The van der Waals surface area contributed by atoms with Crippen LogP contribution in [0.5, 0.6) is 11.5 Å². The highest BCUT2D eigenvalue weighted by Gasteiger charge is 2.12. The number of aromatic nitrogens is 2. The first-order valence-corrected chi connectivity index (χ1v) is 8.52. The third-order valence-electron chi connectivity index (χ3n) is 4.18. The Labute approximate surface area is 152 Å². The van der Waals surface area contributed by atoms with Gasteiger partial charge in [0, 0.05) is 24.3 Å². The summed E-state index contributed by atoms with van der Waals surface area (Å²) in [5.41, 5.74) is 7.86. The predicted octanol–water partition coefficient (Wildman–Crippen LogP) is 3.37. The van der Waals surface area contributed by atoms with Gasteiger partial charge in [-0.1, -0.05) is 31.2 Å². The average molecular weight is 350 g/mol. The number of benzene rings is 2. The van der Waals surface area contributed by atoms with Gasteiger partial charge in [-0.05, 0) is 36.2 Å². The number of para-hydroxylation sites is 1. The number of rotatable bonds is 6. The van der Waals surface area contributed by atoms with Crippen molar-refractivity contribution in [1.82, 2.24) is 9.97 Å². The molecule has 0 fully saturated rings. The normalized spacial score (nSPS) is 11.9. The lowest BCUT2D eigenvalue weighted by molar-refractivity contribution is 0.475. The van der Waals surface area contributed by atoms with Crippen LogP contribution >= 0.6 is 0 Å². The number of phenolic OH excluding ortho intramolecular Hbond substituents is 2. The van der Waals surface area contributed by atoms with E-state index in [9.17, 15) is 10.2 Å². The van der Waals surface area contributed by atoms with Crippen LogP contribution in [0, 0.1) is 0 Å². The Morgan fingerprint density at radius 2 is 1.81 bits per heavy atom.